The van der Waals surface area contributed by atoms with E-state index in [9.17, 15) is 18.0 Å². The van der Waals surface area contributed by atoms with Crippen LogP contribution in [0.25, 0.3) is 0 Å². The fourth-order valence-electron chi connectivity index (χ4n) is 4.03. The number of ether oxygens (including phenoxy) is 1. The summed E-state index contributed by atoms with van der Waals surface area (Å²) in [5.41, 5.74) is 2.02. The van der Waals surface area contributed by atoms with Crippen LogP contribution >= 0.6 is 0 Å². The van der Waals surface area contributed by atoms with Crippen LogP contribution in [0.5, 0.6) is 5.75 Å². The lowest BCUT2D eigenvalue weighted by molar-refractivity contribution is -0.139. The van der Waals surface area contributed by atoms with Gasteiger partial charge in [0.05, 0.1) is 17.7 Å². The van der Waals surface area contributed by atoms with E-state index in [2.05, 4.69) is 5.32 Å². The number of sulfonamides is 1. The van der Waals surface area contributed by atoms with Crippen LogP contribution in [0.2, 0.25) is 0 Å². The summed E-state index contributed by atoms with van der Waals surface area (Å²) < 4.78 is 34.1. The highest BCUT2D eigenvalue weighted by Gasteiger charge is 2.32. The average molecular weight is 552 g/mol. The average Bonchev–Trinajstić information content (AvgIpc) is 2.95. The van der Waals surface area contributed by atoms with Crippen LogP contribution in [-0.4, -0.2) is 51.4 Å². The molecule has 1 N–H and O–H groups in total. The number of carbonyl (C=O) groups excluding carboxylic acids is 2. The van der Waals surface area contributed by atoms with E-state index in [1.54, 1.807) is 43.3 Å². The van der Waals surface area contributed by atoms with Gasteiger partial charge in [0.1, 0.15) is 18.3 Å². The second kappa shape index (κ2) is 13.8. The molecule has 2 amide bonds. The van der Waals surface area contributed by atoms with Crippen LogP contribution in [0, 0.1) is 6.92 Å². The Labute approximate surface area is 231 Å². The first-order chi connectivity index (χ1) is 18.7. The van der Waals surface area contributed by atoms with E-state index in [4.69, 9.17) is 4.74 Å². The van der Waals surface area contributed by atoms with E-state index >= 15 is 0 Å². The maximum absolute atomic E-state index is 13.9. The third-order valence-corrected chi connectivity index (χ3v) is 8.21. The van der Waals surface area contributed by atoms with Crippen molar-refractivity contribution in [2.24, 2.45) is 0 Å². The van der Waals surface area contributed by atoms with Crippen molar-refractivity contribution in [3.63, 3.8) is 0 Å². The van der Waals surface area contributed by atoms with Gasteiger partial charge in [-0.15, -0.1) is 0 Å². The number of carbonyl (C=O) groups is 2. The van der Waals surface area contributed by atoms with Gasteiger partial charge in [-0.25, -0.2) is 8.42 Å². The second-order valence-electron chi connectivity index (χ2n) is 9.35. The maximum atomic E-state index is 13.9. The molecule has 0 saturated heterocycles. The van der Waals surface area contributed by atoms with Crippen molar-refractivity contribution >= 4 is 27.5 Å². The van der Waals surface area contributed by atoms with Crippen molar-refractivity contribution < 1.29 is 22.7 Å². The van der Waals surface area contributed by atoms with Gasteiger partial charge in [0.2, 0.25) is 11.8 Å². The van der Waals surface area contributed by atoms with E-state index in [1.807, 2.05) is 44.2 Å². The number of anilines is 1. The normalized spacial score (nSPS) is 11.9. The summed E-state index contributed by atoms with van der Waals surface area (Å²) in [5.74, 6) is -0.341. The predicted molar refractivity (Wildman–Crippen MR) is 153 cm³/mol. The number of nitrogens with zero attached hydrogens (tertiary/aromatic N) is 2. The van der Waals surface area contributed by atoms with Gasteiger partial charge in [-0.3, -0.25) is 13.9 Å². The molecule has 0 heterocycles. The Bertz CT molecular complexity index is 1340. The molecule has 3 rings (SSSR count). The van der Waals surface area contributed by atoms with Crippen LogP contribution in [0.1, 0.15) is 37.8 Å². The Morgan fingerprint density at radius 1 is 0.974 bits per heavy atom. The van der Waals surface area contributed by atoms with Crippen molar-refractivity contribution in [1.82, 2.24) is 10.2 Å². The molecule has 0 aliphatic rings. The van der Waals surface area contributed by atoms with Gasteiger partial charge >= 0.3 is 0 Å². The van der Waals surface area contributed by atoms with Gasteiger partial charge in [-0.1, -0.05) is 67.4 Å². The smallest absolute Gasteiger partial charge is 0.264 e. The number of hydrogen-bond acceptors (Lipinski definition) is 5. The zero-order chi connectivity index (χ0) is 28.4. The van der Waals surface area contributed by atoms with E-state index in [-0.39, 0.29) is 23.0 Å². The lowest BCUT2D eigenvalue weighted by Gasteiger charge is -2.32. The minimum absolute atomic E-state index is 0.0590. The van der Waals surface area contributed by atoms with Gasteiger partial charge in [0.15, 0.2) is 0 Å². The summed E-state index contributed by atoms with van der Waals surface area (Å²) in [6.45, 7) is 5.72. The first kappa shape index (κ1) is 29.7. The minimum Gasteiger partial charge on any atom is -0.497 e. The molecule has 0 aromatic heterocycles. The summed E-state index contributed by atoms with van der Waals surface area (Å²) in [6, 6.07) is 21.5. The third kappa shape index (κ3) is 7.83. The number of methoxy groups -OCH3 is 1. The summed E-state index contributed by atoms with van der Waals surface area (Å²) in [4.78, 5) is 28.4. The number of hydrogen-bond donors (Lipinski definition) is 1. The van der Waals surface area contributed by atoms with E-state index in [0.29, 0.717) is 12.3 Å². The summed E-state index contributed by atoms with van der Waals surface area (Å²) in [6.07, 6.45) is 1.75. The van der Waals surface area contributed by atoms with Gasteiger partial charge in [0, 0.05) is 19.2 Å². The lowest BCUT2D eigenvalue weighted by Crippen LogP contribution is -2.51. The largest absolute Gasteiger partial charge is 0.497 e. The Hall–Kier alpha value is -3.85. The molecule has 0 fully saturated rings. The molecule has 3 aromatic carbocycles. The summed E-state index contributed by atoms with van der Waals surface area (Å²) in [7, 11) is -2.64. The highest BCUT2D eigenvalue weighted by Crippen LogP contribution is 2.27. The van der Waals surface area contributed by atoms with Gasteiger partial charge in [-0.2, -0.15) is 0 Å². The molecule has 0 bridgehead atoms. The lowest BCUT2D eigenvalue weighted by atomic mass is 10.1. The molecule has 8 nitrogen and oxygen atoms in total. The SMILES string of the molecule is CCCCNC(=O)[C@H](C)N(Cc1ccccc1)C(=O)CN(c1cccc(OC)c1)S(=O)(=O)c1ccc(C)cc1. The van der Waals surface area contributed by atoms with E-state index in [1.165, 1.54) is 24.1 Å². The monoisotopic (exact) mass is 551 g/mol. The van der Waals surface area contributed by atoms with Crippen molar-refractivity contribution in [1.29, 1.82) is 0 Å². The number of nitrogens with one attached hydrogen (secondary N) is 1. The summed E-state index contributed by atoms with van der Waals surface area (Å²) in [5, 5.41) is 2.88. The van der Waals surface area contributed by atoms with E-state index in [0.717, 1.165) is 28.3 Å². The molecule has 0 spiro atoms. The fourth-order valence-corrected chi connectivity index (χ4v) is 5.44. The molecule has 9 heteroatoms. The topological polar surface area (TPSA) is 96.0 Å². The highest BCUT2D eigenvalue weighted by atomic mass is 32.2. The molecule has 39 heavy (non-hydrogen) atoms. The predicted octanol–water partition coefficient (Wildman–Crippen LogP) is 4.53. The standard InChI is InChI=1S/C30H37N3O5S/c1-5-6-19-31-30(35)24(3)32(21-25-11-8-7-9-12-25)29(34)22-33(26-13-10-14-27(20-26)38-4)39(36,37)28-17-15-23(2)16-18-28/h7-18,20,24H,5-6,19,21-22H2,1-4H3,(H,31,35)/t24-/m0/s1. The molecular formula is C30H37N3O5S. The third-order valence-electron chi connectivity index (χ3n) is 6.42. The quantitative estimate of drug-likeness (QED) is 0.315. The zero-order valence-corrected chi connectivity index (χ0v) is 23.8. The second-order valence-corrected chi connectivity index (χ2v) is 11.2. The van der Waals surface area contributed by atoms with E-state index < -0.39 is 28.5 Å². The molecule has 0 aliphatic heterocycles. The van der Waals surface area contributed by atoms with Crippen molar-refractivity contribution in [3.8, 4) is 5.75 Å². The van der Waals surface area contributed by atoms with Crippen LogP contribution in [0.15, 0.2) is 83.8 Å². The molecule has 0 radical (unpaired) electrons. The van der Waals surface area contributed by atoms with Crippen LogP contribution in [0.4, 0.5) is 5.69 Å². The number of rotatable bonds is 13. The maximum Gasteiger partial charge on any atom is 0.264 e. The van der Waals surface area contributed by atoms with Crippen LogP contribution in [-0.2, 0) is 26.2 Å². The molecule has 1 atom stereocenters. The molecule has 3 aromatic rings. The Morgan fingerprint density at radius 3 is 2.31 bits per heavy atom. The van der Waals surface area contributed by atoms with Crippen molar-refractivity contribution in [2.75, 3.05) is 24.5 Å². The first-order valence-corrected chi connectivity index (χ1v) is 14.5. The molecule has 0 aliphatic carbocycles. The van der Waals surface area contributed by atoms with Gasteiger partial charge in [0.25, 0.3) is 10.0 Å². The fraction of sp³-hybridized carbons (Fsp3) is 0.333. The number of unbranched alkanes of at least 4 members (excludes halogenated alkanes) is 1. The van der Waals surface area contributed by atoms with Crippen LogP contribution < -0.4 is 14.4 Å². The Morgan fingerprint density at radius 2 is 1.67 bits per heavy atom. The molecule has 0 unspecified atom stereocenters. The van der Waals surface area contributed by atoms with Crippen molar-refractivity contribution in [3.05, 3.63) is 90.0 Å². The van der Waals surface area contributed by atoms with Gasteiger partial charge < -0.3 is 15.0 Å². The minimum atomic E-state index is -4.13. The van der Waals surface area contributed by atoms with Crippen LogP contribution in [0.3, 0.4) is 0 Å². The van der Waals surface area contributed by atoms with Crippen molar-refractivity contribution in [2.45, 2.75) is 51.1 Å². The summed E-state index contributed by atoms with van der Waals surface area (Å²) >= 11 is 0. The molecular weight excluding hydrogens is 514 g/mol. The number of aryl methyl sites for hydroxylation is 1. The Kier molecular flexibility index (Phi) is 10.5. The zero-order valence-electron chi connectivity index (χ0n) is 23.0. The van der Waals surface area contributed by atoms with Gasteiger partial charge in [-0.05, 0) is 50.1 Å². The first-order valence-electron chi connectivity index (χ1n) is 13.0. The molecule has 0 saturated carbocycles. The highest BCUT2D eigenvalue weighted by molar-refractivity contribution is 7.92. The number of benzene rings is 3. The number of amides is 2. The molecule has 208 valence electrons. The Balaban J connectivity index is 2.00.